The Labute approximate surface area is 356 Å². The van der Waals surface area contributed by atoms with Gasteiger partial charge in [-0.1, -0.05) is 170 Å². The third-order valence-corrected chi connectivity index (χ3v) is 11.4. The zero-order valence-corrected chi connectivity index (χ0v) is 33.2. The lowest BCUT2D eigenvalue weighted by Crippen LogP contribution is -2.06. The molecule has 4 heterocycles. The topological polar surface area (TPSA) is 87.2 Å². The number of nitrogens with zero attached hydrogens (tertiary/aromatic N) is 8. The van der Waals surface area contributed by atoms with Gasteiger partial charge in [0.2, 0.25) is 5.95 Å². The average molecular weight is 795 g/mol. The molecule has 0 N–H and O–H groups in total. The number of para-hydroxylation sites is 2. The van der Waals surface area contributed by atoms with Crippen LogP contribution in [0.15, 0.2) is 206 Å². The fourth-order valence-electron chi connectivity index (χ4n) is 8.54. The van der Waals surface area contributed by atoms with E-state index in [9.17, 15) is 0 Å². The minimum Gasteiger partial charge on any atom is -0.309 e. The second kappa shape index (κ2) is 14.6. The van der Waals surface area contributed by atoms with E-state index < -0.39 is 0 Å². The molecule has 0 atom stereocenters. The summed E-state index contributed by atoms with van der Waals surface area (Å²) in [6.07, 6.45) is 0. The fraction of sp³-hybridized carbons (Fsp3) is 0. The average Bonchev–Trinajstić information content (AvgIpc) is 3.86. The number of benzene rings is 8. The van der Waals surface area contributed by atoms with E-state index in [-0.39, 0.29) is 0 Å². The van der Waals surface area contributed by atoms with E-state index >= 15 is 0 Å². The minimum absolute atomic E-state index is 0.547. The van der Waals surface area contributed by atoms with Crippen molar-refractivity contribution in [2.24, 2.45) is 0 Å². The lowest BCUT2D eigenvalue weighted by atomic mass is 10.1. The number of hydrogen-bond donors (Lipinski definition) is 0. The highest BCUT2D eigenvalue weighted by atomic mass is 15.2. The monoisotopic (exact) mass is 794 g/mol. The largest absolute Gasteiger partial charge is 0.309 e. The van der Waals surface area contributed by atoms with E-state index in [1.165, 1.54) is 0 Å². The van der Waals surface area contributed by atoms with Crippen molar-refractivity contribution in [3.05, 3.63) is 206 Å². The summed E-state index contributed by atoms with van der Waals surface area (Å²) in [5.41, 5.74) is 9.69. The number of rotatable bonds is 7. The van der Waals surface area contributed by atoms with Gasteiger partial charge in [0.25, 0.3) is 0 Å². The number of hydrogen-bond acceptors (Lipinski definition) is 6. The summed E-state index contributed by atoms with van der Waals surface area (Å²) in [6.45, 7) is 0. The maximum atomic E-state index is 5.19. The quantitative estimate of drug-likeness (QED) is 0.160. The molecule has 0 amide bonds. The molecule has 0 fully saturated rings. The van der Waals surface area contributed by atoms with Gasteiger partial charge in [0.1, 0.15) is 0 Å². The zero-order valence-electron chi connectivity index (χ0n) is 33.2. The van der Waals surface area contributed by atoms with Crippen LogP contribution in [0.25, 0.3) is 112 Å². The lowest BCUT2D eigenvalue weighted by Gasteiger charge is -2.12. The van der Waals surface area contributed by atoms with Crippen molar-refractivity contribution in [2.45, 2.75) is 0 Å². The maximum absolute atomic E-state index is 5.19. The highest BCUT2D eigenvalue weighted by molar-refractivity contribution is 6.19. The predicted octanol–water partition coefficient (Wildman–Crippen LogP) is 12.6. The van der Waals surface area contributed by atoms with Crippen molar-refractivity contribution >= 4 is 43.6 Å². The summed E-state index contributed by atoms with van der Waals surface area (Å²) < 4.78 is 4.52. The third kappa shape index (κ3) is 6.00. The molecule has 290 valence electrons. The first-order valence-corrected chi connectivity index (χ1v) is 20.5. The Bertz CT molecular complexity index is 3500. The van der Waals surface area contributed by atoms with Crippen LogP contribution in [0.1, 0.15) is 0 Å². The molecule has 62 heavy (non-hydrogen) atoms. The Hall–Kier alpha value is -8.62. The van der Waals surface area contributed by atoms with Gasteiger partial charge in [-0.2, -0.15) is 9.97 Å². The molecule has 0 aliphatic heterocycles. The molecule has 8 aromatic carbocycles. The second-order valence-corrected chi connectivity index (χ2v) is 15.2. The minimum atomic E-state index is 0.547. The van der Waals surface area contributed by atoms with E-state index in [1.54, 1.807) is 0 Å². The lowest BCUT2D eigenvalue weighted by molar-refractivity contribution is 0.953. The molecule has 0 aliphatic rings. The molecule has 0 aliphatic carbocycles. The van der Waals surface area contributed by atoms with Crippen LogP contribution in [0, 0.1) is 0 Å². The Morgan fingerprint density at radius 2 is 0.613 bits per heavy atom. The van der Waals surface area contributed by atoms with Crippen LogP contribution < -0.4 is 0 Å². The van der Waals surface area contributed by atoms with Crippen molar-refractivity contribution in [3.8, 4) is 68.6 Å². The Balaban J connectivity index is 1.10. The molecule has 0 radical (unpaired) electrons. The van der Waals surface area contributed by atoms with Crippen molar-refractivity contribution in [1.29, 1.82) is 0 Å². The first kappa shape index (κ1) is 35.3. The Kier molecular flexibility index (Phi) is 8.31. The third-order valence-electron chi connectivity index (χ3n) is 11.4. The zero-order chi connectivity index (χ0) is 41.0. The van der Waals surface area contributed by atoms with Gasteiger partial charge in [-0.25, -0.2) is 19.9 Å². The molecule has 12 aromatic rings. The SMILES string of the molecule is c1ccc(-c2nc(-c3ccccc3)nc(-c3cccc(-n4c5ccccc5c5cc6c7ccccc7n(-c7nc(-c8ccccc8)nc(-c8ccccc8)n7)c6cc54)c3)n2)cc1. The Morgan fingerprint density at radius 3 is 1.10 bits per heavy atom. The van der Waals surface area contributed by atoms with Gasteiger partial charge in [-0.3, -0.25) is 4.57 Å². The van der Waals surface area contributed by atoms with Gasteiger partial charge >= 0.3 is 0 Å². The molecule has 0 unspecified atom stereocenters. The van der Waals surface area contributed by atoms with Gasteiger partial charge in [0.15, 0.2) is 29.1 Å². The smallest absolute Gasteiger partial charge is 0.238 e. The van der Waals surface area contributed by atoms with Crippen LogP contribution in [-0.2, 0) is 0 Å². The molecule has 0 bridgehead atoms. The van der Waals surface area contributed by atoms with E-state index in [2.05, 4.69) is 94.1 Å². The highest BCUT2D eigenvalue weighted by Gasteiger charge is 2.22. The summed E-state index contributed by atoms with van der Waals surface area (Å²) in [5.74, 6) is 3.60. The molecule has 8 heteroatoms. The van der Waals surface area contributed by atoms with E-state index in [0.29, 0.717) is 35.1 Å². The van der Waals surface area contributed by atoms with Gasteiger partial charge in [0.05, 0.1) is 22.1 Å². The van der Waals surface area contributed by atoms with Gasteiger partial charge in [-0.15, -0.1) is 0 Å². The van der Waals surface area contributed by atoms with Crippen molar-refractivity contribution in [2.75, 3.05) is 0 Å². The predicted molar refractivity (Wildman–Crippen MR) is 249 cm³/mol. The fourth-order valence-corrected chi connectivity index (χ4v) is 8.54. The molecule has 12 rings (SSSR count). The van der Waals surface area contributed by atoms with Crippen LogP contribution in [0.4, 0.5) is 0 Å². The molecular formula is C54H34N8. The molecule has 0 spiro atoms. The summed E-state index contributed by atoms with van der Waals surface area (Å²) >= 11 is 0. The van der Waals surface area contributed by atoms with Crippen molar-refractivity contribution in [1.82, 2.24) is 39.0 Å². The van der Waals surface area contributed by atoms with E-state index in [1.807, 2.05) is 121 Å². The van der Waals surface area contributed by atoms with E-state index in [0.717, 1.165) is 77.1 Å². The molecule has 8 nitrogen and oxygen atoms in total. The Morgan fingerprint density at radius 1 is 0.242 bits per heavy atom. The number of fused-ring (bicyclic) bond motifs is 6. The van der Waals surface area contributed by atoms with Gasteiger partial charge in [-0.05, 0) is 36.4 Å². The summed E-state index contributed by atoms with van der Waals surface area (Å²) in [6, 6.07) is 70.5. The first-order valence-electron chi connectivity index (χ1n) is 20.5. The summed E-state index contributed by atoms with van der Waals surface area (Å²) in [4.78, 5) is 30.4. The van der Waals surface area contributed by atoms with Crippen LogP contribution >= 0.6 is 0 Å². The van der Waals surface area contributed by atoms with Crippen LogP contribution in [0.5, 0.6) is 0 Å². The number of aromatic nitrogens is 8. The summed E-state index contributed by atoms with van der Waals surface area (Å²) in [7, 11) is 0. The summed E-state index contributed by atoms with van der Waals surface area (Å²) in [5, 5.41) is 4.52. The van der Waals surface area contributed by atoms with Gasteiger partial charge in [0, 0.05) is 55.0 Å². The molecular weight excluding hydrogens is 761 g/mol. The highest BCUT2D eigenvalue weighted by Crippen LogP contribution is 2.40. The molecule has 0 saturated carbocycles. The molecule has 4 aromatic heterocycles. The van der Waals surface area contributed by atoms with Crippen LogP contribution in [0.3, 0.4) is 0 Å². The van der Waals surface area contributed by atoms with E-state index in [4.69, 9.17) is 29.9 Å². The standard InChI is InChI=1S/C54H34N8/c1-5-18-35(19-6-1)49-55-50(36-20-7-2-8-21-36)57-53(56-49)39-26-17-27-40(32-39)61-45-30-15-13-28-41(45)43-33-44-42-29-14-16-31-46(42)62(48(44)34-47(43)61)54-59-51(37-22-9-3-10-23-37)58-52(60-54)38-24-11-4-12-25-38/h1-34H. The molecule has 0 saturated heterocycles. The van der Waals surface area contributed by atoms with Crippen LogP contribution in [-0.4, -0.2) is 39.0 Å². The normalized spacial score (nSPS) is 11.5. The maximum Gasteiger partial charge on any atom is 0.238 e. The first-order chi connectivity index (χ1) is 30.7. The van der Waals surface area contributed by atoms with Gasteiger partial charge < -0.3 is 4.57 Å². The van der Waals surface area contributed by atoms with Crippen LogP contribution in [0.2, 0.25) is 0 Å². The van der Waals surface area contributed by atoms with Crippen molar-refractivity contribution in [3.63, 3.8) is 0 Å². The van der Waals surface area contributed by atoms with Crippen molar-refractivity contribution < 1.29 is 0 Å². The second-order valence-electron chi connectivity index (χ2n) is 15.2.